The van der Waals surface area contributed by atoms with Crippen LogP contribution in [-0.4, -0.2) is 19.3 Å². The molecule has 0 aliphatic heterocycles. The fourth-order valence-corrected chi connectivity index (χ4v) is 2.08. The smallest absolute Gasteiger partial charge is 0.0504 e. The molecule has 0 aromatic heterocycles. The largest absolute Gasteiger partial charge is 0.371 e. The summed E-state index contributed by atoms with van der Waals surface area (Å²) in [6.45, 7) is 6.54. The number of anilines is 1. The van der Waals surface area contributed by atoms with Crippen molar-refractivity contribution in [1.29, 1.82) is 0 Å². The van der Waals surface area contributed by atoms with Gasteiger partial charge in [-0.1, -0.05) is 12.1 Å². The van der Waals surface area contributed by atoms with Gasteiger partial charge < -0.3 is 4.90 Å². The Morgan fingerprint density at radius 2 is 1.77 bits per heavy atom. The van der Waals surface area contributed by atoms with Crippen LogP contribution in [0.2, 0.25) is 0 Å². The predicted molar refractivity (Wildman–Crippen MR) is 61.8 cm³/mol. The first kappa shape index (κ1) is 10.5. The van der Waals surface area contributed by atoms with Gasteiger partial charge in [0.25, 0.3) is 0 Å². The highest BCUT2D eigenvalue weighted by Crippen LogP contribution is 2.27. The number of hydrogen-bond acceptors (Lipinski definition) is 2. The van der Waals surface area contributed by atoms with E-state index in [0.29, 0.717) is 0 Å². The highest BCUT2D eigenvalue weighted by atomic mass is 32.2. The zero-order valence-electron chi connectivity index (χ0n) is 8.58. The first-order valence-corrected chi connectivity index (χ1v) is 5.93. The molecule has 0 aliphatic rings. The minimum absolute atomic E-state index is 1.08. The third kappa shape index (κ3) is 2.41. The second-order valence-electron chi connectivity index (χ2n) is 2.84. The summed E-state index contributed by atoms with van der Waals surface area (Å²) in [7, 11) is 0. The molecule has 0 aliphatic carbocycles. The molecular formula is C11H17NS. The lowest BCUT2D eigenvalue weighted by Gasteiger charge is -2.23. The third-order valence-electron chi connectivity index (χ3n) is 2.19. The van der Waals surface area contributed by atoms with Crippen LogP contribution in [0.4, 0.5) is 5.69 Å². The van der Waals surface area contributed by atoms with E-state index in [0.717, 1.165) is 13.1 Å². The molecule has 0 spiro atoms. The SMILES string of the molecule is CCN(CC)c1ccccc1SC. The van der Waals surface area contributed by atoms with Gasteiger partial charge in [0.05, 0.1) is 5.69 Å². The molecule has 2 heteroatoms. The van der Waals surface area contributed by atoms with Crippen molar-refractivity contribution in [2.45, 2.75) is 18.7 Å². The van der Waals surface area contributed by atoms with Crippen molar-refractivity contribution in [3.63, 3.8) is 0 Å². The lowest BCUT2D eigenvalue weighted by molar-refractivity contribution is 0.855. The molecule has 0 saturated carbocycles. The van der Waals surface area contributed by atoms with Gasteiger partial charge in [0.15, 0.2) is 0 Å². The van der Waals surface area contributed by atoms with Gasteiger partial charge >= 0.3 is 0 Å². The van der Waals surface area contributed by atoms with Crippen LogP contribution in [-0.2, 0) is 0 Å². The molecule has 1 nitrogen and oxygen atoms in total. The summed E-state index contributed by atoms with van der Waals surface area (Å²) in [4.78, 5) is 3.75. The standard InChI is InChI=1S/C11H17NS/c1-4-12(5-2)10-8-6-7-9-11(10)13-3/h6-9H,4-5H2,1-3H3. The lowest BCUT2D eigenvalue weighted by atomic mass is 10.3. The number of benzene rings is 1. The van der Waals surface area contributed by atoms with Gasteiger partial charge in [0.1, 0.15) is 0 Å². The second-order valence-corrected chi connectivity index (χ2v) is 3.69. The lowest BCUT2D eigenvalue weighted by Crippen LogP contribution is -2.22. The fraction of sp³-hybridized carbons (Fsp3) is 0.455. The van der Waals surface area contributed by atoms with Crippen LogP contribution in [0.15, 0.2) is 29.2 Å². The van der Waals surface area contributed by atoms with E-state index in [1.165, 1.54) is 10.6 Å². The monoisotopic (exact) mass is 195 g/mol. The molecule has 0 N–H and O–H groups in total. The number of thioether (sulfide) groups is 1. The maximum absolute atomic E-state index is 2.38. The quantitative estimate of drug-likeness (QED) is 0.678. The van der Waals surface area contributed by atoms with E-state index in [1.54, 1.807) is 0 Å². The molecule has 0 atom stereocenters. The maximum atomic E-state index is 2.38. The van der Waals surface area contributed by atoms with Gasteiger partial charge in [0.2, 0.25) is 0 Å². The highest BCUT2D eigenvalue weighted by Gasteiger charge is 2.05. The third-order valence-corrected chi connectivity index (χ3v) is 2.97. The minimum atomic E-state index is 1.08. The molecule has 1 rings (SSSR count). The summed E-state index contributed by atoms with van der Waals surface area (Å²) in [5.41, 5.74) is 1.36. The summed E-state index contributed by atoms with van der Waals surface area (Å²) >= 11 is 1.81. The molecule has 0 fully saturated rings. The first-order valence-electron chi connectivity index (χ1n) is 4.71. The Balaban J connectivity index is 2.96. The fourth-order valence-electron chi connectivity index (χ4n) is 1.46. The van der Waals surface area contributed by atoms with Gasteiger partial charge in [-0.05, 0) is 32.2 Å². The van der Waals surface area contributed by atoms with Crippen molar-refractivity contribution >= 4 is 17.4 Å². The van der Waals surface area contributed by atoms with Crippen LogP contribution in [0.3, 0.4) is 0 Å². The van der Waals surface area contributed by atoms with E-state index in [1.807, 2.05) is 11.8 Å². The predicted octanol–water partition coefficient (Wildman–Crippen LogP) is 3.25. The zero-order chi connectivity index (χ0) is 9.68. The van der Waals surface area contributed by atoms with E-state index in [-0.39, 0.29) is 0 Å². The molecule has 1 aromatic rings. The van der Waals surface area contributed by atoms with Crippen LogP contribution < -0.4 is 4.90 Å². The van der Waals surface area contributed by atoms with Gasteiger partial charge in [-0.25, -0.2) is 0 Å². The molecule has 0 amide bonds. The zero-order valence-corrected chi connectivity index (χ0v) is 9.40. The molecular weight excluding hydrogens is 178 g/mol. The normalized spacial score (nSPS) is 10.1. The van der Waals surface area contributed by atoms with Gasteiger partial charge in [-0.2, -0.15) is 0 Å². The second kappa shape index (κ2) is 5.18. The maximum Gasteiger partial charge on any atom is 0.0504 e. The van der Waals surface area contributed by atoms with Crippen LogP contribution in [0.5, 0.6) is 0 Å². The average Bonchev–Trinajstić information content (AvgIpc) is 2.20. The van der Waals surface area contributed by atoms with E-state index < -0.39 is 0 Å². The van der Waals surface area contributed by atoms with Crippen molar-refractivity contribution in [1.82, 2.24) is 0 Å². The van der Waals surface area contributed by atoms with Crippen molar-refractivity contribution in [3.8, 4) is 0 Å². The highest BCUT2D eigenvalue weighted by molar-refractivity contribution is 7.98. The molecule has 1 aromatic carbocycles. The Labute approximate surface area is 85.1 Å². The molecule has 0 heterocycles. The summed E-state index contributed by atoms with van der Waals surface area (Å²) in [5, 5.41) is 0. The summed E-state index contributed by atoms with van der Waals surface area (Å²) in [6, 6.07) is 8.57. The number of nitrogens with zero attached hydrogens (tertiary/aromatic N) is 1. The van der Waals surface area contributed by atoms with Gasteiger partial charge in [-0.15, -0.1) is 11.8 Å². The van der Waals surface area contributed by atoms with Crippen LogP contribution in [0.1, 0.15) is 13.8 Å². The Bertz CT molecular complexity index is 256. The molecule has 0 radical (unpaired) electrons. The minimum Gasteiger partial charge on any atom is -0.371 e. The number of para-hydroxylation sites is 1. The van der Waals surface area contributed by atoms with E-state index in [4.69, 9.17) is 0 Å². The van der Waals surface area contributed by atoms with Gasteiger partial charge in [-0.3, -0.25) is 0 Å². The molecule has 0 bridgehead atoms. The Kier molecular flexibility index (Phi) is 4.16. The molecule has 72 valence electrons. The Hall–Kier alpha value is -0.630. The van der Waals surface area contributed by atoms with Crippen LogP contribution in [0.25, 0.3) is 0 Å². The van der Waals surface area contributed by atoms with Crippen molar-refractivity contribution < 1.29 is 0 Å². The van der Waals surface area contributed by atoms with Crippen LogP contribution in [0, 0.1) is 0 Å². The van der Waals surface area contributed by atoms with E-state index in [2.05, 4.69) is 49.3 Å². The topological polar surface area (TPSA) is 3.24 Å². The summed E-state index contributed by atoms with van der Waals surface area (Å²) in [5.74, 6) is 0. The summed E-state index contributed by atoms with van der Waals surface area (Å²) in [6.07, 6.45) is 2.13. The van der Waals surface area contributed by atoms with Crippen molar-refractivity contribution in [2.75, 3.05) is 24.2 Å². The van der Waals surface area contributed by atoms with E-state index in [9.17, 15) is 0 Å². The summed E-state index contributed by atoms with van der Waals surface area (Å²) < 4.78 is 0. The number of rotatable bonds is 4. The van der Waals surface area contributed by atoms with E-state index >= 15 is 0 Å². The molecule has 0 unspecified atom stereocenters. The Morgan fingerprint density at radius 3 is 2.31 bits per heavy atom. The molecule has 13 heavy (non-hydrogen) atoms. The van der Waals surface area contributed by atoms with Gasteiger partial charge in [0, 0.05) is 18.0 Å². The number of hydrogen-bond donors (Lipinski definition) is 0. The first-order chi connectivity index (χ1) is 6.33. The van der Waals surface area contributed by atoms with Crippen molar-refractivity contribution in [3.05, 3.63) is 24.3 Å². The average molecular weight is 195 g/mol. The molecule has 0 saturated heterocycles. The van der Waals surface area contributed by atoms with Crippen LogP contribution >= 0.6 is 11.8 Å². The Morgan fingerprint density at radius 1 is 1.15 bits per heavy atom. The van der Waals surface area contributed by atoms with Crippen molar-refractivity contribution in [2.24, 2.45) is 0 Å².